The Morgan fingerprint density at radius 3 is 2.86 bits per heavy atom. The van der Waals surface area contributed by atoms with E-state index in [0.29, 0.717) is 5.69 Å². The first kappa shape index (κ1) is 15.4. The van der Waals surface area contributed by atoms with Crippen LogP contribution in [0.5, 0.6) is 0 Å². The van der Waals surface area contributed by atoms with E-state index < -0.39 is 6.04 Å². The molecule has 0 saturated carbocycles. The number of nitrogens with one attached hydrogen (secondary N) is 2. The Hall–Kier alpha value is -1.95. The zero-order valence-electron chi connectivity index (χ0n) is 12.4. The molecular weight excluding hydrogens is 273 g/mol. The number of carbonyl (C=O) groups excluding carboxylic acids is 2. The van der Waals surface area contributed by atoms with E-state index in [1.807, 2.05) is 13.8 Å². The lowest BCUT2D eigenvalue weighted by atomic mass is 10.0. The van der Waals surface area contributed by atoms with E-state index in [0.717, 1.165) is 12.1 Å². The van der Waals surface area contributed by atoms with Gasteiger partial charge in [-0.25, -0.2) is 4.39 Å². The monoisotopic (exact) mass is 293 g/mol. The maximum Gasteiger partial charge on any atom is 0.249 e. The van der Waals surface area contributed by atoms with Crippen LogP contribution in [0.1, 0.15) is 32.4 Å². The van der Waals surface area contributed by atoms with E-state index in [1.54, 1.807) is 17.9 Å². The maximum atomic E-state index is 13.6. The quantitative estimate of drug-likeness (QED) is 0.823. The Kier molecular flexibility index (Phi) is 4.57. The van der Waals surface area contributed by atoms with Gasteiger partial charge in [0.25, 0.3) is 0 Å². The minimum atomic E-state index is -0.472. The van der Waals surface area contributed by atoms with Gasteiger partial charge in [-0.05, 0) is 44.2 Å². The third-order valence-electron chi connectivity index (χ3n) is 3.70. The van der Waals surface area contributed by atoms with Crippen molar-refractivity contribution in [2.24, 2.45) is 0 Å². The van der Waals surface area contributed by atoms with E-state index in [-0.39, 0.29) is 30.2 Å². The molecule has 0 radical (unpaired) electrons. The summed E-state index contributed by atoms with van der Waals surface area (Å²) in [6.07, 6.45) is 0. The van der Waals surface area contributed by atoms with Gasteiger partial charge in [-0.2, -0.15) is 0 Å². The molecule has 1 aromatic rings. The molecular formula is C15H20FN3O2. The summed E-state index contributed by atoms with van der Waals surface area (Å²) in [6, 6.07) is 3.88. The lowest BCUT2D eigenvalue weighted by Crippen LogP contribution is -2.57. The number of rotatable bonds is 4. The molecule has 1 saturated heterocycles. The Labute approximate surface area is 123 Å². The van der Waals surface area contributed by atoms with Crippen LogP contribution in [0, 0.1) is 5.82 Å². The van der Waals surface area contributed by atoms with Crippen LogP contribution in [0.15, 0.2) is 18.2 Å². The highest BCUT2D eigenvalue weighted by atomic mass is 19.1. The van der Waals surface area contributed by atoms with Gasteiger partial charge in [-0.1, -0.05) is 6.92 Å². The number of hydrogen-bond acceptors (Lipinski definition) is 4. The lowest BCUT2D eigenvalue weighted by Gasteiger charge is -2.35. The highest BCUT2D eigenvalue weighted by Crippen LogP contribution is 2.29. The molecule has 114 valence electrons. The molecule has 0 aromatic heterocycles. The van der Waals surface area contributed by atoms with Gasteiger partial charge in [-0.3, -0.25) is 14.9 Å². The van der Waals surface area contributed by atoms with Gasteiger partial charge in [0.05, 0.1) is 6.54 Å². The van der Waals surface area contributed by atoms with Crippen LogP contribution in [-0.4, -0.2) is 30.9 Å². The molecule has 2 amide bonds. The lowest BCUT2D eigenvalue weighted by molar-refractivity contribution is -0.132. The average molecular weight is 293 g/mol. The van der Waals surface area contributed by atoms with Crippen LogP contribution in [0.25, 0.3) is 0 Å². The minimum Gasteiger partial charge on any atom is -0.350 e. The number of anilines is 1. The van der Waals surface area contributed by atoms with Crippen molar-refractivity contribution in [3.05, 3.63) is 29.6 Å². The number of carbonyl (C=O) groups is 2. The summed E-state index contributed by atoms with van der Waals surface area (Å²) >= 11 is 0. The first-order valence-corrected chi connectivity index (χ1v) is 7.07. The van der Waals surface area contributed by atoms with Crippen LogP contribution in [0.2, 0.25) is 0 Å². The molecule has 0 bridgehead atoms. The van der Waals surface area contributed by atoms with Gasteiger partial charge in [0.15, 0.2) is 0 Å². The fourth-order valence-electron chi connectivity index (χ4n) is 2.56. The Balaban J connectivity index is 2.42. The van der Waals surface area contributed by atoms with Gasteiger partial charge >= 0.3 is 0 Å². The van der Waals surface area contributed by atoms with Gasteiger partial charge in [0, 0.05) is 11.7 Å². The van der Waals surface area contributed by atoms with E-state index >= 15 is 0 Å². The fourth-order valence-corrected chi connectivity index (χ4v) is 2.56. The SMILES string of the molecule is CCNC(C)c1cc(F)ccc1N1CC(=O)NC(=O)C1C. The van der Waals surface area contributed by atoms with Crippen molar-refractivity contribution in [2.45, 2.75) is 32.9 Å². The first-order chi connectivity index (χ1) is 9.93. The normalized spacial score (nSPS) is 20.4. The second-order valence-electron chi connectivity index (χ2n) is 5.20. The Morgan fingerprint density at radius 2 is 2.19 bits per heavy atom. The number of benzene rings is 1. The number of nitrogens with zero attached hydrogens (tertiary/aromatic N) is 1. The molecule has 1 fully saturated rings. The number of imide groups is 1. The predicted octanol–water partition coefficient (Wildman–Crippen LogP) is 1.35. The molecule has 2 unspecified atom stereocenters. The van der Waals surface area contributed by atoms with Crippen molar-refractivity contribution in [2.75, 3.05) is 18.0 Å². The van der Waals surface area contributed by atoms with Crippen molar-refractivity contribution in [1.29, 1.82) is 0 Å². The van der Waals surface area contributed by atoms with Crippen molar-refractivity contribution in [1.82, 2.24) is 10.6 Å². The molecule has 1 aromatic carbocycles. The number of hydrogen-bond donors (Lipinski definition) is 2. The molecule has 0 aliphatic carbocycles. The maximum absolute atomic E-state index is 13.6. The molecule has 2 atom stereocenters. The van der Waals surface area contributed by atoms with E-state index in [2.05, 4.69) is 10.6 Å². The topological polar surface area (TPSA) is 61.4 Å². The third-order valence-corrected chi connectivity index (χ3v) is 3.70. The molecule has 0 spiro atoms. The molecule has 1 aliphatic rings. The van der Waals surface area contributed by atoms with E-state index in [9.17, 15) is 14.0 Å². The summed E-state index contributed by atoms with van der Waals surface area (Å²) in [7, 11) is 0. The second kappa shape index (κ2) is 6.22. The predicted molar refractivity (Wildman–Crippen MR) is 78.4 cm³/mol. The van der Waals surface area contributed by atoms with Crippen LogP contribution in [-0.2, 0) is 9.59 Å². The summed E-state index contributed by atoms with van der Waals surface area (Å²) in [5, 5.41) is 5.53. The van der Waals surface area contributed by atoms with Crippen molar-refractivity contribution in [3.8, 4) is 0 Å². The van der Waals surface area contributed by atoms with Crippen molar-refractivity contribution < 1.29 is 14.0 Å². The molecule has 2 rings (SSSR count). The largest absolute Gasteiger partial charge is 0.350 e. The molecule has 1 aliphatic heterocycles. The molecule has 2 N–H and O–H groups in total. The standard InChI is InChI=1S/C15H20FN3O2/c1-4-17-9(2)12-7-11(16)5-6-13(12)19-8-14(20)18-15(21)10(19)3/h5-7,9-10,17H,4,8H2,1-3H3,(H,18,20,21). The molecule has 5 nitrogen and oxygen atoms in total. The smallest absolute Gasteiger partial charge is 0.249 e. The average Bonchev–Trinajstić information content (AvgIpc) is 2.43. The number of piperazine rings is 1. The van der Waals surface area contributed by atoms with Gasteiger partial charge in [0.2, 0.25) is 11.8 Å². The highest BCUT2D eigenvalue weighted by molar-refractivity contribution is 6.04. The van der Waals surface area contributed by atoms with Gasteiger partial charge in [-0.15, -0.1) is 0 Å². The summed E-state index contributed by atoms with van der Waals surface area (Å²) in [6.45, 7) is 6.46. The van der Waals surface area contributed by atoms with E-state index in [1.165, 1.54) is 12.1 Å². The van der Waals surface area contributed by atoms with E-state index in [4.69, 9.17) is 0 Å². The van der Waals surface area contributed by atoms with Crippen LogP contribution in [0.3, 0.4) is 0 Å². The summed E-state index contributed by atoms with van der Waals surface area (Å²) < 4.78 is 13.6. The third kappa shape index (κ3) is 3.21. The van der Waals surface area contributed by atoms with Crippen LogP contribution in [0.4, 0.5) is 10.1 Å². The van der Waals surface area contributed by atoms with Gasteiger partial charge in [0.1, 0.15) is 11.9 Å². The minimum absolute atomic E-state index is 0.0759. The van der Waals surface area contributed by atoms with Crippen molar-refractivity contribution in [3.63, 3.8) is 0 Å². The zero-order valence-corrected chi connectivity index (χ0v) is 12.4. The number of halogens is 1. The number of amides is 2. The van der Waals surface area contributed by atoms with Crippen LogP contribution < -0.4 is 15.5 Å². The van der Waals surface area contributed by atoms with Gasteiger partial charge < -0.3 is 10.2 Å². The van der Waals surface area contributed by atoms with Crippen molar-refractivity contribution >= 4 is 17.5 Å². The molecule has 6 heteroatoms. The molecule has 21 heavy (non-hydrogen) atoms. The first-order valence-electron chi connectivity index (χ1n) is 7.07. The Morgan fingerprint density at radius 1 is 1.48 bits per heavy atom. The zero-order chi connectivity index (χ0) is 15.6. The second-order valence-corrected chi connectivity index (χ2v) is 5.20. The summed E-state index contributed by atoms with van der Waals surface area (Å²) in [4.78, 5) is 25.1. The summed E-state index contributed by atoms with van der Waals surface area (Å²) in [5.74, 6) is -1.01. The van der Waals surface area contributed by atoms with Crippen LogP contribution >= 0.6 is 0 Å². The fraction of sp³-hybridized carbons (Fsp3) is 0.467. The Bertz CT molecular complexity index is 562. The summed E-state index contributed by atoms with van der Waals surface area (Å²) in [5.41, 5.74) is 1.45. The highest BCUT2D eigenvalue weighted by Gasteiger charge is 2.32. The molecule has 1 heterocycles.